The predicted molar refractivity (Wildman–Crippen MR) is 538 cm³/mol. The smallest absolute Gasteiger partial charge is 0.133 e. The Morgan fingerprint density at radius 3 is 0.853 bits per heavy atom. The van der Waals surface area contributed by atoms with E-state index in [0.717, 1.165) is 364 Å². The maximum atomic E-state index is 12.0. The molecule has 24 fully saturated rings. The van der Waals surface area contributed by atoms with Crippen LogP contribution in [0.5, 0.6) is 0 Å². The van der Waals surface area contributed by atoms with Crippen molar-refractivity contribution in [3.8, 4) is 0 Å². The molecule has 24 saturated carbocycles. The lowest BCUT2D eigenvalue weighted by Crippen LogP contribution is -2.39. The maximum absolute atomic E-state index is 12.0. The second kappa shape index (κ2) is 35.0. The number of carbonyl (C=O) groups excluding carboxylic acids is 8. The first-order valence-electron chi connectivity index (χ1n) is 59.1. The topological polar surface area (TPSA) is 137 Å². The summed E-state index contributed by atoms with van der Waals surface area (Å²) in [6.45, 7) is 28.6. The number of fused-ring (bicyclic) bond motifs is 72. The molecule has 8 heteroatoms. The molecule has 136 heavy (non-hydrogen) atoms. The largest absolute Gasteiger partial charge is 0.300 e. The summed E-state index contributed by atoms with van der Waals surface area (Å²) in [6.07, 6.45) is 75.7. The van der Waals surface area contributed by atoms with Crippen molar-refractivity contribution in [3.05, 3.63) is 97.2 Å². The normalized spacial score (nSPS) is 56.7. The van der Waals surface area contributed by atoms with Crippen molar-refractivity contribution < 1.29 is 38.4 Å². The third-order valence-electron chi connectivity index (χ3n) is 51.8. The third-order valence-corrected chi connectivity index (χ3v) is 51.8. The molecule has 62 unspecified atom stereocenters. The minimum atomic E-state index is 0.384. The molecule has 62 atom stereocenters. The molecule has 0 spiro atoms. The van der Waals surface area contributed by atoms with Gasteiger partial charge in [-0.15, -0.1) is 0 Å². The molecule has 0 heterocycles. The monoisotopic (exact) mass is 1840 g/mol. The first-order valence-corrected chi connectivity index (χ1v) is 59.1. The average Bonchev–Trinajstić information content (AvgIpc) is 1.57. The number of hydrogen-bond acceptors (Lipinski definition) is 8. The second-order valence-electron chi connectivity index (χ2n) is 55.9. The van der Waals surface area contributed by atoms with Crippen LogP contribution in [0.2, 0.25) is 0 Å². The fraction of sp³-hybridized carbons (Fsp3) is 0.812. The summed E-state index contributed by atoms with van der Waals surface area (Å²) in [5.74, 6) is 57.4. The number of rotatable bonds is 18. The van der Waals surface area contributed by atoms with Crippen molar-refractivity contribution in [1.29, 1.82) is 0 Å². The molecule has 32 aliphatic carbocycles. The first-order chi connectivity index (χ1) is 65.6. The van der Waals surface area contributed by atoms with Crippen molar-refractivity contribution in [2.45, 2.75) is 277 Å². The highest BCUT2D eigenvalue weighted by Crippen LogP contribution is 2.78. The van der Waals surface area contributed by atoms with Gasteiger partial charge in [0.05, 0.1) is 0 Å². The van der Waals surface area contributed by atoms with E-state index in [2.05, 4.69) is 139 Å². The molecule has 8 nitrogen and oxygen atoms in total. The molecule has 0 aliphatic heterocycles. The van der Waals surface area contributed by atoms with Gasteiger partial charge < -0.3 is 24.0 Å². The second-order valence-corrected chi connectivity index (χ2v) is 55.9. The van der Waals surface area contributed by atoms with E-state index in [-0.39, 0.29) is 0 Å². The Bertz CT molecular complexity index is 4940. The van der Waals surface area contributed by atoms with Crippen LogP contribution in [0, 0.1) is 367 Å². The Kier molecular flexibility index (Phi) is 23.8. The standard InChI is InChI=1S/C18H26O.2C17H24O.2C16H22O.2C15H20O.C14H18O/c1-3-13-14(7-4-10(2)19)16-9-15(13)17-11-5-6-12(8-11)18(16)17;1-9(18)3-6-13-10(2)14-8-15(13)17-12-5-4-11(7-12)16(14)17;1-3-12-13(6-9(2)18)15-8-14(12)16-10-4-5-11(7-10)17(15)16;1-8(17)5-12-9(2)13-7-14(12)16-11-4-3-10(6-11)15(13)16;1-3-11-12-7-13(14(11)8(2)17)16-10-5-4-9(6-10)15(12)16;1-7-11-6-12(13(7)8(2)16)15-10-4-3-9(5-10)14(11)15;1-8(16)4-11-6-12-7-13(11)15-10-3-2-9(5-10)14(12)15;1-7(15)11-5-10-6-12(11)14-9-3-2-8(4-9)13(10)14/h5-6,11-18H,3-4,7-9H2,1-2H3;2*4-5,10-17H,3,6-8H2,1-2H3;3-4,9-16H,5-7H2,1-2H3;4-5,9-16H,3,6-7H2,1-2H3;3-4,7,9-15H,5-6H2,1-2H3;2-3,9-15H,4-7H2,1H3;2-3,8-14H,4-6H2,1H3. The zero-order chi connectivity index (χ0) is 93.5. The molecule has 0 aromatic heterocycles. The molecule has 736 valence electrons. The molecule has 0 saturated heterocycles. The fourth-order valence-electron chi connectivity index (χ4n) is 49.2. The van der Waals surface area contributed by atoms with Crippen LogP contribution in [0.25, 0.3) is 0 Å². The van der Waals surface area contributed by atoms with Crippen molar-refractivity contribution in [2.24, 2.45) is 367 Å². The van der Waals surface area contributed by atoms with Gasteiger partial charge in [0.1, 0.15) is 46.3 Å². The van der Waals surface area contributed by atoms with Crippen molar-refractivity contribution >= 4 is 46.3 Å². The van der Waals surface area contributed by atoms with Crippen LogP contribution in [-0.4, -0.2) is 46.3 Å². The van der Waals surface area contributed by atoms with E-state index in [1.54, 1.807) is 34.6 Å². The number of allylic oxidation sites excluding steroid dienone is 16. The van der Waals surface area contributed by atoms with Gasteiger partial charge in [0.15, 0.2) is 0 Å². The minimum absolute atomic E-state index is 0.384. The highest BCUT2D eigenvalue weighted by atomic mass is 16.2. The quantitative estimate of drug-likeness (QED) is 0.0977. The lowest BCUT2D eigenvalue weighted by Gasteiger charge is -2.42. The lowest BCUT2D eigenvalue weighted by atomic mass is 9.63. The molecule has 0 radical (unpaired) electrons. The van der Waals surface area contributed by atoms with Gasteiger partial charge in [0.2, 0.25) is 0 Å². The van der Waals surface area contributed by atoms with Gasteiger partial charge in [-0.05, 0) is 533 Å². The van der Waals surface area contributed by atoms with E-state index in [1.165, 1.54) is 148 Å². The van der Waals surface area contributed by atoms with Gasteiger partial charge in [-0.3, -0.25) is 14.4 Å². The molecular weight excluding hydrogens is 1670 g/mol. The lowest BCUT2D eigenvalue weighted by molar-refractivity contribution is -0.126. The Morgan fingerprint density at radius 2 is 0.471 bits per heavy atom. The summed E-state index contributed by atoms with van der Waals surface area (Å²) in [7, 11) is 0. The van der Waals surface area contributed by atoms with E-state index in [1.807, 2.05) is 20.8 Å². The van der Waals surface area contributed by atoms with Crippen LogP contribution >= 0.6 is 0 Å². The molecule has 0 amide bonds. The molecule has 32 aliphatic rings. The molecule has 0 aromatic carbocycles. The van der Waals surface area contributed by atoms with Gasteiger partial charge in [-0.1, -0.05) is 158 Å². The zero-order valence-electron chi connectivity index (χ0n) is 86.1. The molecule has 32 bridgehead atoms. The summed E-state index contributed by atoms with van der Waals surface area (Å²) in [4.78, 5) is 92.4. The summed E-state index contributed by atoms with van der Waals surface area (Å²) in [5.41, 5.74) is 0. The van der Waals surface area contributed by atoms with E-state index in [9.17, 15) is 38.4 Å². The zero-order valence-corrected chi connectivity index (χ0v) is 86.1. The molecular formula is C128H176O8. The van der Waals surface area contributed by atoms with Crippen molar-refractivity contribution in [1.82, 2.24) is 0 Å². The minimum Gasteiger partial charge on any atom is -0.300 e. The molecule has 0 N–H and O–H groups in total. The first kappa shape index (κ1) is 92.4. The maximum Gasteiger partial charge on any atom is 0.133 e. The highest BCUT2D eigenvalue weighted by molar-refractivity contribution is 5.81. The van der Waals surface area contributed by atoms with Gasteiger partial charge in [0.25, 0.3) is 0 Å². The van der Waals surface area contributed by atoms with Crippen LogP contribution in [0.4, 0.5) is 0 Å². The third kappa shape index (κ3) is 14.2. The van der Waals surface area contributed by atoms with Gasteiger partial charge >= 0.3 is 0 Å². The van der Waals surface area contributed by atoms with E-state index in [4.69, 9.17) is 0 Å². The van der Waals surface area contributed by atoms with Gasteiger partial charge in [0, 0.05) is 49.9 Å². The van der Waals surface area contributed by atoms with E-state index >= 15 is 0 Å². The van der Waals surface area contributed by atoms with Crippen molar-refractivity contribution in [3.63, 3.8) is 0 Å². The Balaban J connectivity index is 0.0000000828. The number of ketones is 8. The molecule has 32 rings (SSSR count). The summed E-state index contributed by atoms with van der Waals surface area (Å²) in [6, 6.07) is 0. The predicted octanol–water partition coefficient (Wildman–Crippen LogP) is 26.7. The average molecular weight is 1840 g/mol. The Hall–Kier alpha value is -4.72. The number of Topliss-reactive ketones (excluding diaryl/α,β-unsaturated/α-hetero) is 8. The summed E-state index contributed by atoms with van der Waals surface area (Å²) < 4.78 is 0. The SMILES string of the molecule is CC(=O)C1C(C)C2CC1C1C3C=CC(C3)C21.CC(=O)C1CC2CC1C1C3C=CC(C3)C21.CC(=O)CC1C(C)C2CC1C1C3C=CC(C3)C21.CC(=O)CC1CC2CC1C1C3C=CC(C3)C21.CC(=O)CCC1C(C)C2CC1C1C3C=CC(C3)C21.CCC1C(CC(C)=O)C2CC1C1C3C=CC(C3)C21.CCC1C(CCC(C)=O)C2CC1C1C3C=CC(C3)C21.CCC1C2CC(C1C(C)=O)C1C3C=CC(C3)C21. The van der Waals surface area contributed by atoms with Crippen LogP contribution in [0.15, 0.2) is 97.2 Å². The van der Waals surface area contributed by atoms with Crippen LogP contribution in [-0.2, 0) is 38.4 Å². The summed E-state index contributed by atoms with van der Waals surface area (Å²) in [5, 5.41) is 0. The number of carbonyl (C=O) groups is 8. The summed E-state index contributed by atoms with van der Waals surface area (Å²) >= 11 is 0. The van der Waals surface area contributed by atoms with Crippen molar-refractivity contribution in [2.75, 3.05) is 0 Å². The van der Waals surface area contributed by atoms with E-state index in [0.29, 0.717) is 81.8 Å². The molecule has 0 aromatic rings. The number of hydrogen-bond donors (Lipinski definition) is 0. The van der Waals surface area contributed by atoms with Crippen LogP contribution < -0.4 is 0 Å². The van der Waals surface area contributed by atoms with Gasteiger partial charge in [-0.25, -0.2) is 0 Å². The Morgan fingerprint density at radius 1 is 0.206 bits per heavy atom. The Labute approximate surface area is 820 Å². The van der Waals surface area contributed by atoms with Gasteiger partial charge in [-0.2, -0.15) is 0 Å². The van der Waals surface area contributed by atoms with Crippen LogP contribution in [0.3, 0.4) is 0 Å². The highest BCUT2D eigenvalue weighted by Gasteiger charge is 2.72. The van der Waals surface area contributed by atoms with E-state index < -0.39 is 0 Å². The fourth-order valence-corrected chi connectivity index (χ4v) is 49.2. The van der Waals surface area contributed by atoms with Crippen LogP contribution in [0.1, 0.15) is 277 Å².